The third-order valence-electron chi connectivity index (χ3n) is 5.44. The number of aryl methyl sites for hydroxylation is 2. The molecule has 178 valence electrons. The summed E-state index contributed by atoms with van der Waals surface area (Å²) in [7, 11) is 0. The molecule has 5 aromatic rings. The molecule has 1 aromatic carbocycles. The number of rotatable bonds is 7. The Kier molecular flexibility index (Phi) is 6.31. The highest BCUT2D eigenvalue weighted by Gasteiger charge is 2.24. The number of fused-ring (bicyclic) bond motifs is 3. The molecular formula is C25H22N4O4S2. The lowest BCUT2D eigenvalue weighted by molar-refractivity contribution is -0.113. The molecule has 0 bridgehead atoms. The van der Waals surface area contributed by atoms with Crippen molar-refractivity contribution >= 4 is 56.5 Å². The predicted octanol–water partition coefficient (Wildman–Crippen LogP) is 5.73. The first kappa shape index (κ1) is 23.1. The SMILES string of the molecule is CCOC(=O)c1c(-c2ccc(C)o2)csc1NC(=O)CSc1nnc2cc(C)c3ccccc3n12. The number of carbonyl (C=O) groups is 2. The van der Waals surface area contributed by atoms with Gasteiger partial charge in [-0.3, -0.25) is 9.20 Å². The van der Waals surface area contributed by atoms with Crippen LogP contribution in [0.1, 0.15) is 28.6 Å². The highest BCUT2D eigenvalue weighted by molar-refractivity contribution is 7.99. The number of nitrogens with one attached hydrogen (secondary N) is 1. The molecule has 0 atom stereocenters. The maximum absolute atomic E-state index is 12.9. The molecule has 4 aromatic heterocycles. The second-order valence-corrected chi connectivity index (χ2v) is 9.66. The number of furan rings is 1. The Bertz CT molecular complexity index is 1570. The summed E-state index contributed by atoms with van der Waals surface area (Å²) in [6, 6.07) is 13.6. The zero-order chi connectivity index (χ0) is 24.5. The van der Waals surface area contributed by atoms with Crippen LogP contribution in [0.4, 0.5) is 5.00 Å². The van der Waals surface area contributed by atoms with Crippen molar-refractivity contribution in [3.05, 3.63) is 64.7 Å². The van der Waals surface area contributed by atoms with Crippen LogP contribution in [-0.4, -0.2) is 38.8 Å². The van der Waals surface area contributed by atoms with Crippen LogP contribution in [0.3, 0.4) is 0 Å². The number of nitrogens with zero attached hydrogens (tertiary/aromatic N) is 3. The quantitative estimate of drug-likeness (QED) is 0.222. The third kappa shape index (κ3) is 4.42. The van der Waals surface area contributed by atoms with Gasteiger partial charge < -0.3 is 14.5 Å². The first-order valence-corrected chi connectivity index (χ1v) is 12.8. The second-order valence-electron chi connectivity index (χ2n) is 7.84. The Labute approximate surface area is 209 Å². The molecule has 0 fully saturated rings. The molecule has 0 aliphatic carbocycles. The summed E-state index contributed by atoms with van der Waals surface area (Å²) in [5.74, 6) is 0.599. The van der Waals surface area contributed by atoms with Gasteiger partial charge in [0.15, 0.2) is 10.8 Å². The van der Waals surface area contributed by atoms with Gasteiger partial charge in [0.2, 0.25) is 5.91 Å². The van der Waals surface area contributed by atoms with Crippen molar-refractivity contribution in [1.82, 2.24) is 14.6 Å². The van der Waals surface area contributed by atoms with Crippen LogP contribution >= 0.6 is 23.1 Å². The van der Waals surface area contributed by atoms with E-state index in [9.17, 15) is 9.59 Å². The average Bonchev–Trinajstić information content (AvgIpc) is 3.56. The van der Waals surface area contributed by atoms with Crippen LogP contribution in [0.15, 0.2) is 57.4 Å². The fourth-order valence-corrected chi connectivity index (χ4v) is 5.58. The number of ether oxygens (including phenoxy) is 1. The Hall–Kier alpha value is -3.63. The number of benzene rings is 1. The van der Waals surface area contributed by atoms with Gasteiger partial charge in [-0.05, 0) is 50.6 Å². The highest BCUT2D eigenvalue weighted by atomic mass is 32.2. The molecule has 35 heavy (non-hydrogen) atoms. The van der Waals surface area contributed by atoms with Crippen LogP contribution in [0.2, 0.25) is 0 Å². The molecule has 5 rings (SSSR count). The molecule has 8 nitrogen and oxygen atoms in total. The minimum absolute atomic E-state index is 0.0956. The largest absolute Gasteiger partial charge is 0.462 e. The van der Waals surface area contributed by atoms with E-state index < -0.39 is 5.97 Å². The van der Waals surface area contributed by atoms with Gasteiger partial charge in [0.1, 0.15) is 22.1 Å². The average molecular weight is 507 g/mol. The van der Waals surface area contributed by atoms with Crippen LogP contribution in [-0.2, 0) is 9.53 Å². The number of amides is 1. The third-order valence-corrected chi connectivity index (χ3v) is 7.26. The minimum atomic E-state index is -0.508. The Balaban J connectivity index is 1.39. The van der Waals surface area contributed by atoms with Gasteiger partial charge in [0.05, 0.1) is 17.9 Å². The molecule has 0 spiro atoms. The number of hydrogen-bond acceptors (Lipinski definition) is 8. The number of esters is 1. The van der Waals surface area contributed by atoms with Crippen molar-refractivity contribution in [1.29, 1.82) is 0 Å². The molecule has 0 aliphatic rings. The fourth-order valence-electron chi connectivity index (χ4n) is 3.88. The van der Waals surface area contributed by atoms with E-state index in [1.165, 1.54) is 23.1 Å². The van der Waals surface area contributed by atoms with Gasteiger partial charge in [0, 0.05) is 16.3 Å². The number of thiophene rings is 1. The van der Waals surface area contributed by atoms with Crippen molar-refractivity contribution in [2.24, 2.45) is 0 Å². The summed E-state index contributed by atoms with van der Waals surface area (Å²) in [4.78, 5) is 25.6. The topological polar surface area (TPSA) is 98.7 Å². The van der Waals surface area contributed by atoms with Gasteiger partial charge in [-0.15, -0.1) is 21.5 Å². The molecular weight excluding hydrogens is 484 g/mol. The molecule has 0 saturated carbocycles. The number of para-hydroxylation sites is 1. The van der Waals surface area contributed by atoms with E-state index in [0.29, 0.717) is 27.0 Å². The fraction of sp³-hybridized carbons (Fsp3) is 0.200. The molecule has 1 amide bonds. The molecule has 0 aliphatic heterocycles. The summed E-state index contributed by atoms with van der Waals surface area (Å²) in [6.45, 7) is 5.84. The summed E-state index contributed by atoms with van der Waals surface area (Å²) >= 11 is 2.54. The molecule has 0 unspecified atom stereocenters. The number of aromatic nitrogens is 3. The highest BCUT2D eigenvalue weighted by Crippen LogP contribution is 2.37. The van der Waals surface area contributed by atoms with Crippen LogP contribution in [0, 0.1) is 13.8 Å². The van der Waals surface area contributed by atoms with Gasteiger partial charge in [0.25, 0.3) is 0 Å². The number of pyridine rings is 1. The maximum Gasteiger partial charge on any atom is 0.341 e. The van der Waals surface area contributed by atoms with Crippen LogP contribution in [0.25, 0.3) is 27.9 Å². The maximum atomic E-state index is 12.9. The van der Waals surface area contributed by atoms with Crippen LogP contribution < -0.4 is 5.32 Å². The van der Waals surface area contributed by atoms with Crippen molar-refractivity contribution < 1.29 is 18.7 Å². The standard InChI is InChI=1S/C25H22N4O4S2/c1-4-32-24(31)22-17(19-10-9-15(3)33-19)12-34-23(22)26-21(30)13-35-25-28-27-20-11-14(2)16-7-5-6-8-18(16)29(20)25/h5-12H,4,13H2,1-3H3,(H,26,30). The lowest BCUT2D eigenvalue weighted by Crippen LogP contribution is -2.16. The Morgan fingerprint density at radius 2 is 2.00 bits per heavy atom. The second kappa shape index (κ2) is 9.55. The van der Waals surface area contributed by atoms with Gasteiger partial charge in [-0.1, -0.05) is 30.0 Å². The van der Waals surface area contributed by atoms with E-state index in [-0.39, 0.29) is 18.3 Å². The van der Waals surface area contributed by atoms with Crippen molar-refractivity contribution in [2.75, 3.05) is 17.7 Å². The minimum Gasteiger partial charge on any atom is -0.462 e. The van der Waals surface area contributed by atoms with E-state index in [2.05, 4.69) is 21.6 Å². The molecule has 10 heteroatoms. The van der Waals surface area contributed by atoms with Gasteiger partial charge in [-0.2, -0.15) is 0 Å². The zero-order valence-electron chi connectivity index (χ0n) is 19.3. The molecule has 4 heterocycles. The number of carbonyl (C=O) groups excluding carboxylic acids is 2. The monoisotopic (exact) mass is 506 g/mol. The number of thioether (sulfide) groups is 1. The summed E-state index contributed by atoms with van der Waals surface area (Å²) in [5.41, 5.74) is 3.71. The molecule has 0 saturated heterocycles. The first-order chi connectivity index (χ1) is 17.0. The Morgan fingerprint density at radius 1 is 1.17 bits per heavy atom. The lowest BCUT2D eigenvalue weighted by Gasteiger charge is -2.08. The van der Waals surface area contributed by atoms with Crippen molar-refractivity contribution in [3.63, 3.8) is 0 Å². The van der Waals surface area contributed by atoms with E-state index in [4.69, 9.17) is 9.15 Å². The number of anilines is 1. The predicted molar refractivity (Wildman–Crippen MR) is 137 cm³/mol. The van der Waals surface area contributed by atoms with Crippen LogP contribution in [0.5, 0.6) is 0 Å². The van der Waals surface area contributed by atoms with E-state index >= 15 is 0 Å². The lowest BCUT2D eigenvalue weighted by atomic mass is 10.1. The first-order valence-electron chi connectivity index (χ1n) is 11.0. The van der Waals surface area contributed by atoms with E-state index in [1.807, 2.05) is 48.6 Å². The summed E-state index contributed by atoms with van der Waals surface area (Å²) in [5, 5.41) is 15.4. The van der Waals surface area contributed by atoms with E-state index in [1.54, 1.807) is 18.4 Å². The zero-order valence-corrected chi connectivity index (χ0v) is 21.0. The number of hydrogen-bond donors (Lipinski definition) is 1. The van der Waals surface area contributed by atoms with Crippen molar-refractivity contribution in [3.8, 4) is 11.3 Å². The van der Waals surface area contributed by atoms with Crippen molar-refractivity contribution in [2.45, 2.75) is 25.9 Å². The van der Waals surface area contributed by atoms with E-state index in [0.717, 1.165) is 27.9 Å². The van der Waals surface area contributed by atoms with Gasteiger partial charge in [-0.25, -0.2) is 4.79 Å². The molecule has 0 radical (unpaired) electrons. The smallest absolute Gasteiger partial charge is 0.341 e. The summed E-state index contributed by atoms with van der Waals surface area (Å²) in [6.07, 6.45) is 0. The van der Waals surface area contributed by atoms with Gasteiger partial charge >= 0.3 is 5.97 Å². The molecule has 1 N–H and O–H groups in total. The normalized spacial score (nSPS) is 11.3. The Morgan fingerprint density at radius 3 is 2.77 bits per heavy atom. The summed E-state index contributed by atoms with van der Waals surface area (Å²) < 4.78 is 12.9.